The average molecular weight is 894 g/mol. The van der Waals surface area contributed by atoms with Gasteiger partial charge in [-0.3, -0.25) is 23.2 Å². The third-order valence-electron chi connectivity index (χ3n) is 11.1. The third-order valence-corrected chi connectivity index (χ3v) is 12.1. The summed E-state index contributed by atoms with van der Waals surface area (Å²) in [5, 5.41) is 0. The molecule has 0 spiro atoms. The van der Waals surface area contributed by atoms with Crippen molar-refractivity contribution in [3.8, 4) is 0 Å². The summed E-state index contributed by atoms with van der Waals surface area (Å²) >= 11 is 0. The number of hydrogen-bond acceptors (Lipinski definition) is 11. The number of hydrogen-bond donors (Lipinski definition) is 2. The van der Waals surface area contributed by atoms with Crippen molar-refractivity contribution >= 4 is 25.6 Å². The molecule has 2 rings (SSSR count). The quantitative estimate of drug-likeness (QED) is 0.0276. The highest BCUT2D eigenvalue weighted by molar-refractivity contribution is 7.47. The number of carbonyl (C=O) groups is 2. The smallest absolute Gasteiger partial charge is 0.462 e. The van der Waals surface area contributed by atoms with Crippen LogP contribution in [0.4, 0.5) is 5.82 Å². The van der Waals surface area contributed by atoms with Gasteiger partial charge in [0.25, 0.3) is 0 Å². The number of rotatable bonds is 40. The Bertz CT molecular complexity index is 1470. The number of phosphoric acid groups is 1. The number of allylic oxidation sites excluding steroid dienone is 4. The Morgan fingerprint density at radius 3 is 1.74 bits per heavy atom. The predicted octanol–water partition coefficient (Wildman–Crippen LogP) is 12.2. The molecule has 1 fully saturated rings. The highest BCUT2D eigenvalue weighted by Gasteiger charge is 2.32. The zero-order chi connectivity index (χ0) is 44.9. The van der Waals surface area contributed by atoms with Crippen LogP contribution in [0.2, 0.25) is 0 Å². The van der Waals surface area contributed by atoms with E-state index in [0.717, 1.165) is 77.0 Å². The summed E-state index contributed by atoms with van der Waals surface area (Å²) in [5.41, 5.74) is 5.02. The maximum atomic E-state index is 12.9. The standard InChI is InChI=1S/C48H84N3O10P/c1-3-5-7-9-11-13-15-17-19-21-23-25-27-29-31-33-46(52)57-39-43(61-47(53)34-32-30-28-26-24-22-20-18-16-14-12-10-8-6-4-2)41-59-62(55,56)58-40-42-35-36-45(60-42)51-38-37-44(49)50-48(51)54/h17-20,37-38,42-43,45H,3-16,21-36,39-41H2,1-2H3,(H,55,56)(H2,49,50,54)/b19-17-,20-18-/t42-,43?,45?/m0/s1. The molecular formula is C48H84N3O10P. The molecule has 1 aliphatic rings. The van der Waals surface area contributed by atoms with Gasteiger partial charge >= 0.3 is 25.5 Å². The second-order valence-electron chi connectivity index (χ2n) is 16.9. The van der Waals surface area contributed by atoms with Crippen molar-refractivity contribution in [1.82, 2.24) is 9.55 Å². The van der Waals surface area contributed by atoms with Crippen LogP contribution in [0.1, 0.15) is 213 Å². The van der Waals surface area contributed by atoms with Crippen molar-refractivity contribution in [3.63, 3.8) is 0 Å². The molecule has 0 saturated carbocycles. The van der Waals surface area contributed by atoms with Gasteiger partial charge in [0, 0.05) is 19.0 Å². The molecule has 62 heavy (non-hydrogen) atoms. The van der Waals surface area contributed by atoms with Crippen LogP contribution in [-0.4, -0.2) is 58.4 Å². The van der Waals surface area contributed by atoms with Gasteiger partial charge in [-0.1, -0.05) is 141 Å². The Balaban J connectivity index is 1.71. The highest BCUT2D eigenvalue weighted by atomic mass is 31.2. The van der Waals surface area contributed by atoms with E-state index in [0.29, 0.717) is 25.7 Å². The van der Waals surface area contributed by atoms with Crippen LogP contribution in [-0.2, 0) is 37.4 Å². The molecule has 1 aliphatic heterocycles. The zero-order valence-electron chi connectivity index (χ0n) is 38.6. The minimum Gasteiger partial charge on any atom is -0.462 e. The van der Waals surface area contributed by atoms with Gasteiger partial charge in [-0.05, 0) is 83.1 Å². The molecule has 3 unspecified atom stereocenters. The molecule has 1 aromatic heterocycles. The number of carbonyl (C=O) groups excluding carboxylic acids is 2. The van der Waals surface area contributed by atoms with E-state index in [-0.39, 0.29) is 31.9 Å². The van der Waals surface area contributed by atoms with E-state index in [1.807, 2.05) is 0 Å². The Hall–Kier alpha value is -2.83. The van der Waals surface area contributed by atoms with Crippen molar-refractivity contribution in [2.45, 2.75) is 225 Å². The average Bonchev–Trinajstić information content (AvgIpc) is 3.72. The number of phosphoric ester groups is 1. The first-order valence-electron chi connectivity index (χ1n) is 24.4. The minimum atomic E-state index is -4.62. The molecule has 0 radical (unpaired) electrons. The van der Waals surface area contributed by atoms with Crippen LogP contribution in [0.25, 0.3) is 0 Å². The van der Waals surface area contributed by atoms with Crippen molar-refractivity contribution in [2.75, 3.05) is 25.6 Å². The van der Waals surface area contributed by atoms with E-state index in [4.69, 9.17) is 29.0 Å². The Morgan fingerprint density at radius 1 is 0.742 bits per heavy atom. The summed E-state index contributed by atoms with van der Waals surface area (Å²) < 4.78 is 41.5. The molecule has 14 heteroatoms. The summed E-state index contributed by atoms with van der Waals surface area (Å²) in [7, 11) is -4.62. The Morgan fingerprint density at radius 2 is 1.23 bits per heavy atom. The van der Waals surface area contributed by atoms with Gasteiger partial charge in [0.15, 0.2) is 6.10 Å². The molecule has 356 valence electrons. The first-order valence-corrected chi connectivity index (χ1v) is 25.9. The number of nitrogen functional groups attached to an aromatic ring is 1. The van der Waals surface area contributed by atoms with Crippen LogP contribution >= 0.6 is 7.82 Å². The largest absolute Gasteiger partial charge is 0.472 e. The number of aromatic nitrogens is 2. The van der Waals surface area contributed by atoms with E-state index in [9.17, 15) is 23.8 Å². The first-order chi connectivity index (χ1) is 30.1. The molecular weight excluding hydrogens is 810 g/mol. The maximum Gasteiger partial charge on any atom is 0.472 e. The molecule has 13 nitrogen and oxygen atoms in total. The molecule has 0 amide bonds. The van der Waals surface area contributed by atoms with E-state index < -0.39 is 50.5 Å². The SMILES string of the molecule is CCCCCCCC/C=C\CCCCCCCC(=O)OCC(COP(=O)(O)OC[C@@H]1CCC(n2ccc(N)nc2=O)O1)OC(=O)CCCCCCC/C=C\CCCCCCCC. The summed E-state index contributed by atoms with van der Waals surface area (Å²) in [6, 6.07) is 1.49. The fraction of sp³-hybridized carbons (Fsp3) is 0.792. The van der Waals surface area contributed by atoms with Gasteiger partial charge in [0.2, 0.25) is 0 Å². The minimum absolute atomic E-state index is 0.0998. The van der Waals surface area contributed by atoms with Crippen LogP contribution in [0, 0.1) is 0 Å². The number of unbranched alkanes of at least 4 members (excludes halogenated alkanes) is 22. The molecule has 1 aromatic rings. The van der Waals surface area contributed by atoms with Gasteiger partial charge in [-0.15, -0.1) is 0 Å². The lowest BCUT2D eigenvalue weighted by atomic mass is 10.1. The van der Waals surface area contributed by atoms with Crippen LogP contribution in [0.3, 0.4) is 0 Å². The van der Waals surface area contributed by atoms with E-state index >= 15 is 0 Å². The van der Waals surface area contributed by atoms with Crippen molar-refractivity contribution < 1.29 is 42.3 Å². The van der Waals surface area contributed by atoms with Crippen LogP contribution in [0.15, 0.2) is 41.4 Å². The highest BCUT2D eigenvalue weighted by Crippen LogP contribution is 2.44. The topological polar surface area (TPSA) is 178 Å². The number of esters is 2. The second kappa shape index (κ2) is 36.5. The molecule has 0 aromatic carbocycles. The van der Waals surface area contributed by atoms with Gasteiger partial charge < -0.3 is 24.8 Å². The molecule has 1 saturated heterocycles. The molecule has 4 atom stereocenters. The molecule has 2 heterocycles. The molecule has 0 aliphatic carbocycles. The maximum absolute atomic E-state index is 12.9. The fourth-order valence-corrected chi connectivity index (χ4v) is 8.13. The van der Waals surface area contributed by atoms with Crippen LogP contribution in [0.5, 0.6) is 0 Å². The second-order valence-corrected chi connectivity index (χ2v) is 18.3. The summed E-state index contributed by atoms with van der Waals surface area (Å²) in [4.78, 5) is 51.8. The fourth-order valence-electron chi connectivity index (χ4n) is 7.35. The van der Waals surface area contributed by atoms with Crippen molar-refractivity contribution in [2.24, 2.45) is 0 Å². The first kappa shape index (κ1) is 55.3. The number of nitrogens with two attached hydrogens (primary N) is 1. The number of ether oxygens (including phenoxy) is 3. The van der Waals surface area contributed by atoms with Gasteiger partial charge in [0.05, 0.1) is 19.3 Å². The normalized spacial score (nSPS) is 16.9. The van der Waals surface area contributed by atoms with Gasteiger partial charge in [-0.25, -0.2) is 9.36 Å². The predicted molar refractivity (Wildman–Crippen MR) is 248 cm³/mol. The van der Waals surface area contributed by atoms with Gasteiger partial charge in [-0.2, -0.15) is 4.98 Å². The number of nitrogens with zero attached hydrogens (tertiary/aromatic N) is 2. The van der Waals surface area contributed by atoms with Crippen LogP contribution < -0.4 is 11.4 Å². The third kappa shape index (κ3) is 29.5. The van der Waals surface area contributed by atoms with E-state index in [1.165, 1.54) is 93.9 Å². The monoisotopic (exact) mass is 894 g/mol. The lowest BCUT2D eigenvalue weighted by Gasteiger charge is -2.21. The Labute approximate surface area is 373 Å². The van der Waals surface area contributed by atoms with E-state index in [1.54, 1.807) is 0 Å². The van der Waals surface area contributed by atoms with E-state index in [2.05, 4.69) is 43.1 Å². The summed E-state index contributed by atoms with van der Waals surface area (Å²) in [6.45, 7) is 3.40. The zero-order valence-corrected chi connectivity index (χ0v) is 39.5. The number of anilines is 1. The Kier molecular flexibility index (Phi) is 32.6. The van der Waals surface area contributed by atoms with Gasteiger partial charge in [0.1, 0.15) is 18.7 Å². The lowest BCUT2D eigenvalue weighted by Crippen LogP contribution is -2.30. The summed E-state index contributed by atoms with van der Waals surface area (Å²) in [5.74, 6) is -0.813. The molecule has 3 N–H and O–H groups in total. The summed E-state index contributed by atoms with van der Waals surface area (Å²) in [6.07, 6.45) is 39.7. The molecule has 0 bridgehead atoms. The van der Waals surface area contributed by atoms with Crippen molar-refractivity contribution in [3.05, 3.63) is 47.1 Å². The lowest BCUT2D eigenvalue weighted by molar-refractivity contribution is -0.161. The van der Waals surface area contributed by atoms with Crippen molar-refractivity contribution in [1.29, 1.82) is 0 Å².